The topological polar surface area (TPSA) is 59.4 Å². The number of carbonyl (C=O) groups is 1. The average molecular weight is 385 g/mol. The van der Waals surface area contributed by atoms with Crippen LogP contribution in [0.5, 0.6) is 5.75 Å². The van der Waals surface area contributed by atoms with E-state index in [1.165, 1.54) is 5.56 Å². The zero-order chi connectivity index (χ0) is 20.1. The molecule has 28 heavy (non-hydrogen) atoms. The van der Waals surface area contributed by atoms with Crippen molar-refractivity contribution in [2.24, 2.45) is 5.92 Å². The monoisotopic (exact) mass is 384 g/mol. The molecule has 0 aliphatic carbocycles. The SMILES string of the molecule is CCn1nc(C)c(NC(=O)CN2CCC[C@H](COc3cccc(C)c3)C2)c1C. The molecule has 0 unspecified atom stereocenters. The maximum Gasteiger partial charge on any atom is 0.238 e. The Labute approximate surface area is 167 Å². The van der Waals surface area contributed by atoms with E-state index in [1.807, 2.05) is 30.7 Å². The van der Waals surface area contributed by atoms with Crippen LogP contribution >= 0.6 is 0 Å². The summed E-state index contributed by atoms with van der Waals surface area (Å²) >= 11 is 0. The molecule has 1 N–H and O–H groups in total. The third kappa shape index (κ3) is 5.13. The molecule has 6 nitrogen and oxygen atoms in total. The Balaban J connectivity index is 1.50. The minimum absolute atomic E-state index is 0.0297. The lowest BCUT2D eigenvalue weighted by molar-refractivity contribution is -0.117. The van der Waals surface area contributed by atoms with Crippen LogP contribution < -0.4 is 10.1 Å². The first-order valence-electron chi connectivity index (χ1n) is 10.2. The zero-order valence-electron chi connectivity index (χ0n) is 17.5. The number of likely N-dealkylation sites (tertiary alicyclic amines) is 1. The van der Waals surface area contributed by atoms with Crippen LogP contribution in [0.4, 0.5) is 5.69 Å². The van der Waals surface area contributed by atoms with E-state index in [-0.39, 0.29) is 5.91 Å². The van der Waals surface area contributed by atoms with Crippen LogP contribution in [0.2, 0.25) is 0 Å². The average Bonchev–Trinajstić information content (AvgIpc) is 2.94. The third-order valence-corrected chi connectivity index (χ3v) is 5.39. The molecule has 1 aliphatic heterocycles. The molecule has 6 heteroatoms. The second-order valence-electron chi connectivity index (χ2n) is 7.78. The summed E-state index contributed by atoms with van der Waals surface area (Å²) in [7, 11) is 0. The molecular formula is C22H32N4O2. The maximum atomic E-state index is 12.6. The van der Waals surface area contributed by atoms with Gasteiger partial charge in [-0.15, -0.1) is 0 Å². The van der Waals surface area contributed by atoms with E-state index < -0.39 is 0 Å². The number of nitrogens with zero attached hydrogens (tertiary/aromatic N) is 3. The van der Waals surface area contributed by atoms with Crippen LogP contribution in [0, 0.1) is 26.7 Å². The van der Waals surface area contributed by atoms with Crippen molar-refractivity contribution in [2.45, 2.75) is 47.1 Å². The van der Waals surface area contributed by atoms with Crippen molar-refractivity contribution < 1.29 is 9.53 Å². The molecule has 152 valence electrons. The Kier molecular flexibility index (Phi) is 6.73. The molecule has 1 atom stereocenters. The Hall–Kier alpha value is -2.34. The first-order chi connectivity index (χ1) is 13.5. The van der Waals surface area contributed by atoms with Gasteiger partial charge in [-0.05, 0) is 64.8 Å². The van der Waals surface area contributed by atoms with Crippen LogP contribution in [0.1, 0.15) is 36.7 Å². The molecule has 2 heterocycles. The van der Waals surface area contributed by atoms with Gasteiger partial charge in [0.1, 0.15) is 5.75 Å². The Morgan fingerprint density at radius 2 is 2.14 bits per heavy atom. The summed E-state index contributed by atoms with van der Waals surface area (Å²) < 4.78 is 7.90. The van der Waals surface area contributed by atoms with Crippen molar-refractivity contribution in [3.63, 3.8) is 0 Å². The molecule has 0 spiro atoms. The summed E-state index contributed by atoms with van der Waals surface area (Å²) in [6.45, 7) is 11.8. The number of ether oxygens (including phenoxy) is 1. The predicted octanol–water partition coefficient (Wildman–Crippen LogP) is 3.56. The number of piperidine rings is 1. The van der Waals surface area contributed by atoms with Crippen molar-refractivity contribution in [2.75, 3.05) is 31.6 Å². The molecule has 2 aromatic rings. The molecule has 1 aliphatic rings. The highest BCUT2D eigenvalue weighted by molar-refractivity contribution is 5.93. The number of amides is 1. The van der Waals surface area contributed by atoms with Gasteiger partial charge in [0, 0.05) is 19.0 Å². The third-order valence-electron chi connectivity index (χ3n) is 5.39. The summed E-state index contributed by atoms with van der Waals surface area (Å²) in [4.78, 5) is 14.8. The number of nitrogens with one attached hydrogen (secondary N) is 1. The number of aromatic nitrogens is 2. The fourth-order valence-corrected chi connectivity index (χ4v) is 3.92. The number of carbonyl (C=O) groups excluding carboxylic acids is 1. The van der Waals surface area contributed by atoms with Gasteiger partial charge in [-0.1, -0.05) is 12.1 Å². The molecule has 0 radical (unpaired) electrons. The quantitative estimate of drug-likeness (QED) is 0.793. The lowest BCUT2D eigenvalue weighted by atomic mass is 9.99. The van der Waals surface area contributed by atoms with Gasteiger partial charge in [0.05, 0.1) is 30.2 Å². The van der Waals surface area contributed by atoms with Crippen molar-refractivity contribution in [3.8, 4) is 5.75 Å². The molecule has 1 saturated heterocycles. The minimum atomic E-state index is 0.0297. The van der Waals surface area contributed by atoms with Gasteiger partial charge in [-0.2, -0.15) is 5.10 Å². The van der Waals surface area contributed by atoms with E-state index in [9.17, 15) is 4.79 Å². The van der Waals surface area contributed by atoms with E-state index in [1.54, 1.807) is 0 Å². The van der Waals surface area contributed by atoms with E-state index in [2.05, 4.69) is 41.3 Å². The second-order valence-corrected chi connectivity index (χ2v) is 7.78. The lowest BCUT2D eigenvalue weighted by Gasteiger charge is -2.32. The van der Waals surface area contributed by atoms with Crippen LogP contribution in [-0.4, -0.2) is 46.8 Å². The molecule has 0 bridgehead atoms. The van der Waals surface area contributed by atoms with Gasteiger partial charge in [0.15, 0.2) is 0 Å². The number of rotatable bonds is 7. The number of hydrogen-bond donors (Lipinski definition) is 1. The van der Waals surface area contributed by atoms with Crippen molar-refractivity contribution in [3.05, 3.63) is 41.2 Å². The second kappa shape index (κ2) is 9.24. The number of hydrogen-bond acceptors (Lipinski definition) is 4. The van der Waals surface area contributed by atoms with Gasteiger partial charge >= 0.3 is 0 Å². The van der Waals surface area contributed by atoms with E-state index in [4.69, 9.17) is 4.74 Å². The molecule has 1 aromatic carbocycles. The lowest BCUT2D eigenvalue weighted by Crippen LogP contribution is -2.42. The Morgan fingerprint density at radius 3 is 2.86 bits per heavy atom. The summed E-state index contributed by atoms with van der Waals surface area (Å²) in [6, 6.07) is 8.16. The molecular weight excluding hydrogens is 352 g/mol. The van der Waals surface area contributed by atoms with Gasteiger partial charge in [-0.25, -0.2) is 0 Å². The fourth-order valence-electron chi connectivity index (χ4n) is 3.92. The van der Waals surface area contributed by atoms with Gasteiger partial charge < -0.3 is 10.1 Å². The van der Waals surface area contributed by atoms with Crippen LogP contribution in [0.25, 0.3) is 0 Å². The first kappa shape index (κ1) is 20.4. The molecule has 3 rings (SSSR count). The van der Waals surface area contributed by atoms with Gasteiger partial charge in [0.25, 0.3) is 0 Å². The van der Waals surface area contributed by atoms with Gasteiger partial charge in [-0.3, -0.25) is 14.4 Å². The van der Waals surface area contributed by atoms with Crippen molar-refractivity contribution in [1.82, 2.24) is 14.7 Å². The molecule has 0 saturated carbocycles. The highest BCUT2D eigenvalue weighted by Gasteiger charge is 2.23. The summed E-state index contributed by atoms with van der Waals surface area (Å²) in [5.74, 6) is 1.41. The fraction of sp³-hybridized carbons (Fsp3) is 0.545. The van der Waals surface area contributed by atoms with Crippen LogP contribution in [0.15, 0.2) is 24.3 Å². The van der Waals surface area contributed by atoms with E-state index in [0.717, 1.165) is 55.3 Å². The number of benzene rings is 1. The van der Waals surface area contributed by atoms with Crippen molar-refractivity contribution >= 4 is 11.6 Å². The van der Waals surface area contributed by atoms with Crippen molar-refractivity contribution in [1.29, 1.82) is 0 Å². The highest BCUT2D eigenvalue weighted by atomic mass is 16.5. The minimum Gasteiger partial charge on any atom is -0.493 e. The summed E-state index contributed by atoms with van der Waals surface area (Å²) in [5, 5.41) is 7.54. The maximum absolute atomic E-state index is 12.6. The standard InChI is InChI=1S/C22H32N4O2/c1-5-26-18(4)22(17(3)24-26)23-21(27)14-25-11-7-9-19(13-25)15-28-20-10-6-8-16(2)12-20/h6,8,10,12,19H,5,7,9,11,13-15H2,1-4H3,(H,23,27)/t19-/m0/s1. The highest BCUT2D eigenvalue weighted by Crippen LogP contribution is 2.21. The number of aryl methyl sites for hydroxylation is 3. The van der Waals surface area contributed by atoms with E-state index in [0.29, 0.717) is 19.1 Å². The molecule has 1 fully saturated rings. The van der Waals surface area contributed by atoms with E-state index >= 15 is 0 Å². The number of anilines is 1. The Bertz CT molecular complexity index is 815. The summed E-state index contributed by atoms with van der Waals surface area (Å²) in [5.41, 5.74) is 3.94. The van der Waals surface area contributed by atoms with Crippen LogP contribution in [0.3, 0.4) is 0 Å². The Morgan fingerprint density at radius 1 is 1.32 bits per heavy atom. The zero-order valence-corrected chi connectivity index (χ0v) is 17.5. The molecule has 1 amide bonds. The summed E-state index contributed by atoms with van der Waals surface area (Å²) in [6.07, 6.45) is 2.24. The molecule has 1 aromatic heterocycles. The van der Waals surface area contributed by atoms with Crippen LogP contribution in [-0.2, 0) is 11.3 Å². The largest absolute Gasteiger partial charge is 0.493 e. The first-order valence-corrected chi connectivity index (χ1v) is 10.2. The smallest absolute Gasteiger partial charge is 0.238 e. The normalized spacial score (nSPS) is 17.5. The predicted molar refractivity (Wildman–Crippen MR) is 112 cm³/mol. The van der Waals surface area contributed by atoms with Gasteiger partial charge in [0.2, 0.25) is 5.91 Å².